The quantitative estimate of drug-likeness (QED) is 0.593. The van der Waals surface area contributed by atoms with Gasteiger partial charge >= 0.3 is 0 Å². The molecule has 0 heterocycles. The molecule has 1 aliphatic rings. The van der Waals surface area contributed by atoms with Crippen molar-refractivity contribution >= 4 is 16.8 Å². The van der Waals surface area contributed by atoms with Gasteiger partial charge in [-0.25, -0.2) is 0 Å². The van der Waals surface area contributed by atoms with Crippen molar-refractivity contribution in [1.29, 1.82) is 0 Å². The van der Waals surface area contributed by atoms with Gasteiger partial charge in [0.15, 0.2) is 0 Å². The summed E-state index contributed by atoms with van der Waals surface area (Å²) in [7, 11) is 0. The first-order valence-electron chi connectivity index (χ1n) is 5.96. The number of hydrogen-bond acceptors (Lipinski definition) is 0. The number of fused-ring (bicyclic) bond motifs is 2. The van der Waals surface area contributed by atoms with Crippen LogP contribution in [0.4, 0.5) is 0 Å². The van der Waals surface area contributed by atoms with E-state index in [4.69, 9.17) is 0 Å². The first-order valence-corrected chi connectivity index (χ1v) is 5.96. The second kappa shape index (κ2) is 3.48. The van der Waals surface area contributed by atoms with Crippen molar-refractivity contribution in [3.8, 4) is 0 Å². The van der Waals surface area contributed by atoms with Gasteiger partial charge in [-0.1, -0.05) is 56.3 Å². The Morgan fingerprint density at radius 3 is 2.38 bits per heavy atom. The van der Waals surface area contributed by atoms with Gasteiger partial charge in [-0.3, -0.25) is 0 Å². The van der Waals surface area contributed by atoms with Gasteiger partial charge in [0.1, 0.15) is 0 Å². The fourth-order valence-corrected chi connectivity index (χ4v) is 2.52. The SMILES string of the molecule is CC1C=Cc2cc3ccccc3cc2C1C. The number of rotatable bonds is 0. The monoisotopic (exact) mass is 208 g/mol. The summed E-state index contributed by atoms with van der Waals surface area (Å²) >= 11 is 0. The van der Waals surface area contributed by atoms with Gasteiger partial charge in [0.05, 0.1) is 0 Å². The van der Waals surface area contributed by atoms with E-state index in [-0.39, 0.29) is 0 Å². The van der Waals surface area contributed by atoms with Crippen LogP contribution in [0.2, 0.25) is 0 Å². The van der Waals surface area contributed by atoms with E-state index in [0.717, 1.165) is 0 Å². The molecule has 2 aromatic carbocycles. The summed E-state index contributed by atoms with van der Waals surface area (Å²) in [6.45, 7) is 4.61. The number of allylic oxidation sites excluding steroid dienone is 1. The minimum atomic E-state index is 0.629. The highest BCUT2D eigenvalue weighted by Crippen LogP contribution is 2.35. The Morgan fingerprint density at radius 2 is 1.62 bits per heavy atom. The average Bonchev–Trinajstić information content (AvgIpc) is 2.32. The predicted molar refractivity (Wildman–Crippen MR) is 70.6 cm³/mol. The van der Waals surface area contributed by atoms with E-state index in [0.29, 0.717) is 11.8 Å². The number of hydrogen-bond donors (Lipinski definition) is 0. The maximum Gasteiger partial charge on any atom is -0.0124 e. The van der Waals surface area contributed by atoms with E-state index in [1.807, 2.05) is 0 Å². The highest BCUT2D eigenvalue weighted by Gasteiger charge is 2.18. The molecule has 0 aromatic heterocycles. The zero-order chi connectivity index (χ0) is 11.1. The largest absolute Gasteiger partial charge is 0.0805 e. The molecule has 3 rings (SSSR count). The van der Waals surface area contributed by atoms with E-state index in [2.05, 4.69) is 62.4 Å². The second-order valence-corrected chi connectivity index (χ2v) is 4.84. The van der Waals surface area contributed by atoms with E-state index < -0.39 is 0 Å². The molecule has 0 spiro atoms. The molecule has 0 fully saturated rings. The topological polar surface area (TPSA) is 0 Å². The Kier molecular flexibility index (Phi) is 2.10. The van der Waals surface area contributed by atoms with Crippen LogP contribution < -0.4 is 0 Å². The van der Waals surface area contributed by atoms with Gasteiger partial charge in [0.25, 0.3) is 0 Å². The third-order valence-electron chi connectivity index (χ3n) is 3.81. The number of benzene rings is 2. The molecule has 0 saturated carbocycles. The summed E-state index contributed by atoms with van der Waals surface area (Å²) in [6.07, 6.45) is 4.59. The smallest absolute Gasteiger partial charge is 0.0124 e. The molecule has 0 aliphatic heterocycles. The zero-order valence-corrected chi connectivity index (χ0v) is 9.77. The lowest BCUT2D eigenvalue weighted by Crippen LogP contribution is -2.09. The van der Waals surface area contributed by atoms with Crippen molar-refractivity contribution in [2.24, 2.45) is 5.92 Å². The molecule has 1 aliphatic carbocycles. The first-order chi connectivity index (χ1) is 7.75. The van der Waals surface area contributed by atoms with Crippen molar-refractivity contribution in [2.45, 2.75) is 19.8 Å². The second-order valence-electron chi connectivity index (χ2n) is 4.84. The first kappa shape index (κ1) is 9.65. The predicted octanol–water partition coefficient (Wildman–Crippen LogP) is 4.61. The summed E-state index contributed by atoms with van der Waals surface area (Å²) in [5.74, 6) is 1.28. The van der Waals surface area contributed by atoms with Crippen LogP contribution in [-0.2, 0) is 0 Å². The van der Waals surface area contributed by atoms with Crippen LogP contribution in [0.3, 0.4) is 0 Å². The zero-order valence-electron chi connectivity index (χ0n) is 9.77. The van der Waals surface area contributed by atoms with E-state index >= 15 is 0 Å². The van der Waals surface area contributed by atoms with Gasteiger partial charge in [-0.05, 0) is 39.8 Å². The fraction of sp³-hybridized carbons (Fsp3) is 0.250. The standard InChI is InChI=1S/C16H16/c1-11-7-8-15-9-13-5-3-4-6-14(13)10-16(15)12(11)2/h3-12H,1-2H3. The molecular weight excluding hydrogens is 192 g/mol. The van der Waals surface area contributed by atoms with Crippen molar-refractivity contribution < 1.29 is 0 Å². The van der Waals surface area contributed by atoms with Crippen LogP contribution in [0, 0.1) is 5.92 Å². The van der Waals surface area contributed by atoms with E-state index in [1.54, 1.807) is 0 Å². The molecule has 0 amide bonds. The summed E-state index contributed by atoms with van der Waals surface area (Å²) in [5.41, 5.74) is 2.89. The van der Waals surface area contributed by atoms with Gasteiger partial charge in [0.2, 0.25) is 0 Å². The van der Waals surface area contributed by atoms with Crippen LogP contribution in [0.15, 0.2) is 42.5 Å². The Hall–Kier alpha value is -1.56. The van der Waals surface area contributed by atoms with Gasteiger partial charge in [-0.15, -0.1) is 0 Å². The summed E-state index contributed by atoms with van der Waals surface area (Å²) in [4.78, 5) is 0. The normalized spacial score (nSPS) is 23.4. The highest BCUT2D eigenvalue weighted by molar-refractivity contribution is 5.86. The lowest BCUT2D eigenvalue weighted by molar-refractivity contribution is 0.586. The third kappa shape index (κ3) is 1.37. The third-order valence-corrected chi connectivity index (χ3v) is 3.81. The molecule has 0 N–H and O–H groups in total. The maximum atomic E-state index is 2.36. The summed E-state index contributed by atoms with van der Waals surface area (Å²) in [6, 6.07) is 13.3. The molecule has 0 nitrogen and oxygen atoms in total. The Bertz CT molecular complexity index is 563. The Morgan fingerprint density at radius 1 is 0.938 bits per heavy atom. The molecular formula is C16H16. The molecule has 0 heteroatoms. The lowest BCUT2D eigenvalue weighted by atomic mass is 9.80. The lowest BCUT2D eigenvalue weighted by Gasteiger charge is -2.24. The molecule has 2 unspecified atom stereocenters. The fourth-order valence-electron chi connectivity index (χ4n) is 2.52. The van der Waals surface area contributed by atoms with Crippen molar-refractivity contribution in [3.63, 3.8) is 0 Å². The molecule has 80 valence electrons. The van der Waals surface area contributed by atoms with Crippen LogP contribution >= 0.6 is 0 Å². The minimum absolute atomic E-state index is 0.629. The van der Waals surface area contributed by atoms with Crippen LogP contribution in [0.1, 0.15) is 30.9 Å². The molecule has 0 saturated heterocycles. The van der Waals surface area contributed by atoms with Crippen molar-refractivity contribution in [3.05, 3.63) is 53.6 Å². The van der Waals surface area contributed by atoms with Crippen LogP contribution in [0.5, 0.6) is 0 Å². The van der Waals surface area contributed by atoms with Gasteiger partial charge in [-0.2, -0.15) is 0 Å². The molecule has 16 heavy (non-hydrogen) atoms. The van der Waals surface area contributed by atoms with Gasteiger partial charge < -0.3 is 0 Å². The Labute approximate surface area is 96.6 Å². The van der Waals surface area contributed by atoms with E-state index in [1.165, 1.54) is 21.9 Å². The minimum Gasteiger partial charge on any atom is -0.0805 e. The summed E-state index contributed by atoms with van der Waals surface area (Å²) < 4.78 is 0. The Balaban J connectivity index is 2.29. The van der Waals surface area contributed by atoms with Gasteiger partial charge in [0, 0.05) is 0 Å². The summed E-state index contributed by atoms with van der Waals surface area (Å²) in [5, 5.41) is 2.70. The molecule has 2 aromatic rings. The van der Waals surface area contributed by atoms with E-state index in [9.17, 15) is 0 Å². The molecule has 0 bridgehead atoms. The average molecular weight is 208 g/mol. The van der Waals surface area contributed by atoms with Crippen molar-refractivity contribution in [1.82, 2.24) is 0 Å². The van der Waals surface area contributed by atoms with Crippen LogP contribution in [-0.4, -0.2) is 0 Å². The molecule has 0 radical (unpaired) electrons. The molecule has 2 atom stereocenters. The van der Waals surface area contributed by atoms with Crippen LogP contribution in [0.25, 0.3) is 16.8 Å². The highest BCUT2D eigenvalue weighted by atomic mass is 14.2. The van der Waals surface area contributed by atoms with Crippen molar-refractivity contribution in [2.75, 3.05) is 0 Å². The maximum absolute atomic E-state index is 2.36.